The number of alkyl halides is 1. The molecule has 2 unspecified atom stereocenters. The Bertz CT molecular complexity index is 281. The maximum Gasteiger partial charge on any atom is 0.220 e. The van der Waals surface area contributed by atoms with Crippen molar-refractivity contribution in [2.24, 2.45) is 9.98 Å². The zero-order valence-electron chi connectivity index (χ0n) is 5.93. The highest BCUT2D eigenvalue weighted by molar-refractivity contribution is 14.1. The van der Waals surface area contributed by atoms with Gasteiger partial charge in [-0.3, -0.25) is 0 Å². The average Bonchev–Trinajstić information content (AvgIpc) is 2.29. The number of rotatable bonds is 0. The molecule has 2 rings (SSSR count). The molecule has 2 heterocycles. The number of nitrogens with zero attached hydrogens (tertiary/aromatic N) is 2. The zero-order chi connectivity index (χ0) is 8.77. The molecule has 12 heavy (non-hydrogen) atoms. The van der Waals surface area contributed by atoms with Crippen LogP contribution in [-0.2, 0) is 0 Å². The van der Waals surface area contributed by atoms with E-state index in [0.29, 0.717) is 5.17 Å². The van der Waals surface area contributed by atoms with Crippen LogP contribution in [-0.4, -0.2) is 25.0 Å². The van der Waals surface area contributed by atoms with Gasteiger partial charge in [0.15, 0.2) is 0 Å². The van der Waals surface area contributed by atoms with Gasteiger partial charge >= 0.3 is 0 Å². The van der Waals surface area contributed by atoms with Gasteiger partial charge in [0.25, 0.3) is 0 Å². The Morgan fingerprint density at radius 3 is 3.08 bits per heavy atom. The minimum absolute atomic E-state index is 0.141. The number of hydrogen-bond acceptors (Lipinski definition) is 3. The summed E-state index contributed by atoms with van der Waals surface area (Å²) >= 11 is 15.8. The monoisotopic (exact) mass is 334 g/mol. The predicted molar refractivity (Wildman–Crippen MR) is 64.2 cm³/mol. The van der Waals surface area contributed by atoms with E-state index in [9.17, 15) is 0 Å². The molecule has 0 spiro atoms. The van der Waals surface area contributed by atoms with Gasteiger partial charge in [0.05, 0.1) is 5.25 Å². The lowest BCUT2D eigenvalue weighted by Crippen LogP contribution is -2.35. The fourth-order valence-electron chi connectivity index (χ4n) is 1.27. The van der Waals surface area contributed by atoms with Crippen molar-refractivity contribution < 1.29 is 0 Å². The quantitative estimate of drug-likeness (QED) is 0.380. The van der Waals surface area contributed by atoms with Crippen molar-refractivity contribution in [2.45, 2.75) is 15.2 Å². The first-order valence-corrected chi connectivity index (χ1v) is 6.30. The Labute approximate surface area is 98.3 Å². The topological polar surface area (TPSA) is 24.7 Å². The third-order valence-corrected chi connectivity index (χ3v) is 5.65. The largest absolute Gasteiger partial charge is 0.237 e. The van der Waals surface area contributed by atoms with Crippen molar-refractivity contribution in [3.05, 3.63) is 0 Å². The van der Waals surface area contributed by atoms with Crippen LogP contribution in [0.15, 0.2) is 9.98 Å². The molecular formula is C6H5Cl2IN2S. The van der Waals surface area contributed by atoms with Crippen LogP contribution >= 0.6 is 57.6 Å². The molecule has 0 amide bonds. The van der Waals surface area contributed by atoms with E-state index in [4.69, 9.17) is 23.2 Å². The SMILES string of the molecule is ClC1=NC2(I)CCSC2C(Cl)=N1. The van der Waals surface area contributed by atoms with E-state index in [1.807, 2.05) is 0 Å². The van der Waals surface area contributed by atoms with E-state index in [1.54, 1.807) is 11.8 Å². The summed E-state index contributed by atoms with van der Waals surface area (Å²) in [6, 6.07) is 0. The number of amidine groups is 1. The molecule has 0 aromatic heterocycles. The Morgan fingerprint density at radius 1 is 1.58 bits per heavy atom. The summed E-state index contributed by atoms with van der Waals surface area (Å²) in [7, 11) is 0. The third-order valence-electron chi connectivity index (χ3n) is 1.83. The minimum atomic E-state index is -0.141. The zero-order valence-corrected chi connectivity index (χ0v) is 10.4. The number of fused-ring (bicyclic) bond motifs is 1. The van der Waals surface area contributed by atoms with Crippen LogP contribution in [0.25, 0.3) is 0 Å². The van der Waals surface area contributed by atoms with Gasteiger partial charge in [0.1, 0.15) is 8.72 Å². The van der Waals surface area contributed by atoms with Crippen LogP contribution in [0.1, 0.15) is 6.42 Å². The van der Waals surface area contributed by atoms with Gasteiger partial charge in [-0.05, 0) is 23.8 Å². The van der Waals surface area contributed by atoms with Gasteiger partial charge in [0, 0.05) is 0 Å². The minimum Gasteiger partial charge on any atom is -0.237 e. The molecule has 0 radical (unpaired) electrons. The van der Waals surface area contributed by atoms with E-state index in [0.717, 1.165) is 12.2 Å². The molecule has 0 aromatic carbocycles. The second kappa shape index (κ2) is 3.29. The fraction of sp³-hybridized carbons (Fsp3) is 0.667. The Kier molecular flexibility index (Phi) is 2.62. The van der Waals surface area contributed by atoms with Crippen LogP contribution in [0.3, 0.4) is 0 Å². The van der Waals surface area contributed by atoms with Crippen molar-refractivity contribution in [2.75, 3.05) is 5.75 Å². The van der Waals surface area contributed by atoms with Crippen LogP contribution in [0, 0.1) is 0 Å². The van der Waals surface area contributed by atoms with Gasteiger partial charge < -0.3 is 0 Å². The summed E-state index contributed by atoms with van der Waals surface area (Å²) < 4.78 is -0.141. The van der Waals surface area contributed by atoms with E-state index in [2.05, 4.69) is 32.6 Å². The summed E-state index contributed by atoms with van der Waals surface area (Å²) in [4.78, 5) is 8.24. The Morgan fingerprint density at radius 2 is 2.33 bits per heavy atom. The first-order chi connectivity index (χ1) is 5.62. The average molecular weight is 335 g/mol. The third kappa shape index (κ3) is 1.51. The normalized spacial score (nSPS) is 40.4. The molecule has 1 saturated heterocycles. The van der Waals surface area contributed by atoms with Crippen molar-refractivity contribution in [3.63, 3.8) is 0 Å². The van der Waals surface area contributed by atoms with Crippen molar-refractivity contribution in [3.8, 4) is 0 Å². The van der Waals surface area contributed by atoms with E-state index >= 15 is 0 Å². The van der Waals surface area contributed by atoms with Gasteiger partial charge in [-0.1, -0.05) is 34.2 Å². The highest BCUT2D eigenvalue weighted by Gasteiger charge is 2.46. The number of thioether (sulfide) groups is 1. The number of halogens is 3. The molecule has 0 aliphatic carbocycles. The standard InChI is InChI=1S/C6H5Cl2IN2S/c7-4-3-6(9,1-2-12-3)11-5(8)10-4/h3H,1-2H2. The van der Waals surface area contributed by atoms with Gasteiger partial charge in [-0.25, -0.2) is 9.98 Å². The van der Waals surface area contributed by atoms with Crippen LogP contribution in [0.2, 0.25) is 0 Å². The molecule has 0 N–H and O–H groups in total. The highest BCUT2D eigenvalue weighted by atomic mass is 127. The van der Waals surface area contributed by atoms with Crippen LogP contribution in [0.4, 0.5) is 0 Å². The number of hydrogen-bond donors (Lipinski definition) is 0. The molecule has 2 aliphatic rings. The molecule has 2 atom stereocenters. The molecule has 0 saturated carbocycles. The molecule has 6 heteroatoms. The Balaban J connectivity index is 2.40. The first-order valence-electron chi connectivity index (χ1n) is 3.42. The van der Waals surface area contributed by atoms with Gasteiger partial charge in [-0.15, -0.1) is 11.8 Å². The molecule has 2 aliphatic heterocycles. The lowest BCUT2D eigenvalue weighted by Gasteiger charge is -2.26. The lowest BCUT2D eigenvalue weighted by atomic mass is 10.1. The van der Waals surface area contributed by atoms with Crippen LogP contribution in [0.5, 0.6) is 0 Å². The fourth-order valence-corrected chi connectivity index (χ4v) is 5.31. The predicted octanol–water partition coefficient (Wildman–Crippen LogP) is 2.87. The maximum absolute atomic E-state index is 5.96. The Hall–Kier alpha value is 1.00. The molecule has 1 fully saturated rings. The molecular weight excluding hydrogens is 330 g/mol. The highest BCUT2D eigenvalue weighted by Crippen LogP contribution is 2.47. The van der Waals surface area contributed by atoms with Gasteiger partial charge in [0.2, 0.25) is 5.29 Å². The second-order valence-corrected chi connectivity index (χ2v) is 6.44. The maximum atomic E-state index is 5.96. The summed E-state index contributed by atoms with van der Waals surface area (Å²) in [5.41, 5.74) is 0. The summed E-state index contributed by atoms with van der Waals surface area (Å²) in [6.07, 6.45) is 1.02. The number of aliphatic imine (C=N–C) groups is 2. The molecule has 0 bridgehead atoms. The smallest absolute Gasteiger partial charge is 0.220 e. The second-order valence-electron chi connectivity index (χ2n) is 2.63. The first kappa shape index (κ1) is 9.55. The molecule has 66 valence electrons. The van der Waals surface area contributed by atoms with Crippen molar-refractivity contribution in [1.82, 2.24) is 0 Å². The molecule has 2 nitrogen and oxygen atoms in total. The summed E-state index contributed by atoms with van der Waals surface area (Å²) in [5, 5.41) is 1.09. The molecule has 0 aromatic rings. The van der Waals surface area contributed by atoms with Crippen molar-refractivity contribution >= 4 is 68.0 Å². The lowest BCUT2D eigenvalue weighted by molar-refractivity contribution is 0.692. The van der Waals surface area contributed by atoms with Crippen molar-refractivity contribution in [1.29, 1.82) is 0 Å². The van der Waals surface area contributed by atoms with E-state index in [-0.39, 0.29) is 14.1 Å². The van der Waals surface area contributed by atoms with Crippen LogP contribution < -0.4 is 0 Å². The van der Waals surface area contributed by atoms with Gasteiger partial charge in [-0.2, -0.15) is 0 Å². The summed E-state index contributed by atoms with van der Waals surface area (Å²) in [5.74, 6) is 1.08. The summed E-state index contributed by atoms with van der Waals surface area (Å²) in [6.45, 7) is 0. The van der Waals surface area contributed by atoms with E-state index in [1.165, 1.54) is 0 Å². The van der Waals surface area contributed by atoms with E-state index < -0.39 is 0 Å².